The van der Waals surface area contributed by atoms with Gasteiger partial charge >= 0.3 is 0 Å². The van der Waals surface area contributed by atoms with Gasteiger partial charge in [0.25, 0.3) is 17.7 Å². The summed E-state index contributed by atoms with van der Waals surface area (Å²) in [7, 11) is 1.79. The molecular weight excluding hydrogens is 460 g/mol. The molecule has 2 heterocycles. The highest BCUT2D eigenvalue weighted by Crippen LogP contribution is 2.29. The maximum Gasteiger partial charge on any atom is 0.265 e. The van der Waals surface area contributed by atoms with E-state index in [1.54, 1.807) is 22.7 Å². The summed E-state index contributed by atoms with van der Waals surface area (Å²) in [5.74, 6) is -0.478. The molecular formula is C26H32N6O4. The Bertz CT molecular complexity index is 1330. The number of hydrazine groups is 2. The highest BCUT2D eigenvalue weighted by Gasteiger charge is 2.36. The maximum atomic E-state index is 12.9. The van der Waals surface area contributed by atoms with Crippen LogP contribution >= 0.6 is 0 Å². The van der Waals surface area contributed by atoms with Gasteiger partial charge < -0.3 is 20.8 Å². The van der Waals surface area contributed by atoms with Gasteiger partial charge in [-0.25, -0.2) is 5.43 Å². The quantitative estimate of drug-likeness (QED) is 0.483. The Hall–Kier alpha value is -4.05. The zero-order chi connectivity index (χ0) is 26.2. The van der Waals surface area contributed by atoms with Gasteiger partial charge in [-0.2, -0.15) is 5.12 Å². The summed E-state index contributed by atoms with van der Waals surface area (Å²) in [6, 6.07) is 14.2. The SMILES string of the molecule is Cn1c(C(N)=O)cc2cc(OCc3cccc(N(N4NC(=O)C(N)CCC4=O)C(C)(C)C)c3)ccc21. The van der Waals surface area contributed by atoms with Gasteiger partial charge in [0, 0.05) is 24.4 Å². The second-order valence-electron chi connectivity index (χ2n) is 9.94. The molecule has 1 aliphatic heterocycles. The highest BCUT2D eigenvalue weighted by atomic mass is 16.5. The van der Waals surface area contributed by atoms with Gasteiger partial charge in [0.2, 0.25) is 0 Å². The Morgan fingerprint density at radius 3 is 2.61 bits per heavy atom. The molecule has 0 radical (unpaired) electrons. The topological polar surface area (TPSA) is 136 Å². The standard InChI is InChI=1S/C26H32N6O4/c1-26(2,3)31(32-23(33)11-9-20(27)25(35)29-32)18-7-5-6-16(12-18)15-36-19-8-10-21-17(13-19)14-22(24(28)34)30(21)4/h5-8,10,12-14,20H,9,11,15,27H2,1-4H3,(H2,28,34)(H,29,35). The number of aryl methyl sites for hydroxylation is 1. The molecule has 5 N–H and O–H groups in total. The monoisotopic (exact) mass is 492 g/mol. The molecule has 190 valence electrons. The molecule has 0 aliphatic carbocycles. The van der Waals surface area contributed by atoms with E-state index >= 15 is 0 Å². The lowest BCUT2D eigenvalue weighted by atomic mass is 10.1. The van der Waals surface area contributed by atoms with Crippen molar-refractivity contribution in [2.45, 2.75) is 51.8 Å². The van der Waals surface area contributed by atoms with Gasteiger partial charge in [-0.05, 0) is 69.2 Å². The van der Waals surface area contributed by atoms with Crippen LogP contribution in [-0.2, 0) is 23.2 Å². The number of ether oxygens (including phenoxy) is 1. The van der Waals surface area contributed by atoms with Crippen molar-refractivity contribution in [2.75, 3.05) is 5.01 Å². The number of hydrogen-bond acceptors (Lipinski definition) is 6. The van der Waals surface area contributed by atoms with E-state index in [0.717, 1.165) is 22.2 Å². The van der Waals surface area contributed by atoms with Crippen LogP contribution in [0.4, 0.5) is 5.69 Å². The molecule has 1 fully saturated rings. The summed E-state index contributed by atoms with van der Waals surface area (Å²) in [5.41, 5.74) is 16.4. The minimum Gasteiger partial charge on any atom is -0.489 e. The minimum absolute atomic E-state index is 0.161. The predicted octanol–water partition coefficient (Wildman–Crippen LogP) is 2.36. The zero-order valence-electron chi connectivity index (χ0n) is 20.9. The number of nitrogens with zero attached hydrogens (tertiary/aromatic N) is 3. The van der Waals surface area contributed by atoms with Crippen LogP contribution in [0.3, 0.4) is 0 Å². The van der Waals surface area contributed by atoms with Crippen molar-refractivity contribution in [3.8, 4) is 5.75 Å². The highest BCUT2D eigenvalue weighted by molar-refractivity contribution is 5.98. The van der Waals surface area contributed by atoms with Crippen molar-refractivity contribution in [3.63, 3.8) is 0 Å². The number of benzene rings is 2. The first-order chi connectivity index (χ1) is 17.0. The van der Waals surface area contributed by atoms with E-state index in [1.807, 2.05) is 63.2 Å². The molecule has 10 nitrogen and oxygen atoms in total. The number of carbonyl (C=O) groups is 3. The Kier molecular flexibility index (Phi) is 6.64. The molecule has 36 heavy (non-hydrogen) atoms. The first-order valence-corrected chi connectivity index (χ1v) is 11.8. The third kappa shape index (κ3) is 4.99. The molecule has 1 saturated heterocycles. The van der Waals surface area contributed by atoms with Gasteiger partial charge in [0.15, 0.2) is 0 Å². The fourth-order valence-corrected chi connectivity index (χ4v) is 4.33. The van der Waals surface area contributed by atoms with Gasteiger partial charge in [-0.3, -0.25) is 19.4 Å². The molecule has 2 aromatic carbocycles. The number of amides is 3. The van der Waals surface area contributed by atoms with Crippen molar-refractivity contribution in [2.24, 2.45) is 18.5 Å². The van der Waals surface area contributed by atoms with Crippen LogP contribution < -0.4 is 26.6 Å². The number of nitrogens with two attached hydrogens (primary N) is 2. The van der Waals surface area contributed by atoms with Crippen LogP contribution in [0.2, 0.25) is 0 Å². The first kappa shape index (κ1) is 25.1. The largest absolute Gasteiger partial charge is 0.489 e. The lowest BCUT2D eigenvalue weighted by molar-refractivity contribution is -0.141. The predicted molar refractivity (Wildman–Crippen MR) is 137 cm³/mol. The minimum atomic E-state index is -0.735. The molecule has 3 aromatic rings. The molecule has 1 aromatic heterocycles. The summed E-state index contributed by atoms with van der Waals surface area (Å²) in [6.45, 7) is 6.14. The molecule has 1 aliphatic rings. The molecule has 1 atom stereocenters. The van der Waals surface area contributed by atoms with Gasteiger partial charge in [0.1, 0.15) is 18.1 Å². The van der Waals surface area contributed by atoms with Crippen LogP contribution in [0.1, 0.15) is 49.7 Å². The number of fused-ring (bicyclic) bond motifs is 1. The van der Waals surface area contributed by atoms with E-state index in [2.05, 4.69) is 5.43 Å². The number of primary amides is 1. The third-order valence-corrected chi connectivity index (χ3v) is 6.12. The van der Waals surface area contributed by atoms with Gasteiger partial charge in [0.05, 0.1) is 17.3 Å². The molecule has 3 amide bonds. The smallest absolute Gasteiger partial charge is 0.265 e. The fourth-order valence-electron chi connectivity index (χ4n) is 4.33. The Balaban J connectivity index is 1.58. The first-order valence-electron chi connectivity index (χ1n) is 11.8. The second kappa shape index (κ2) is 9.54. The number of rotatable bonds is 6. The number of carbonyl (C=O) groups excluding carboxylic acids is 3. The maximum absolute atomic E-state index is 12.9. The normalized spacial score (nSPS) is 16.6. The number of hydrogen-bond donors (Lipinski definition) is 3. The average Bonchev–Trinajstić information content (AvgIpc) is 3.09. The Morgan fingerprint density at radius 1 is 1.17 bits per heavy atom. The summed E-state index contributed by atoms with van der Waals surface area (Å²) < 4.78 is 7.79. The van der Waals surface area contributed by atoms with Crippen molar-refractivity contribution in [3.05, 3.63) is 59.8 Å². The molecule has 0 saturated carbocycles. The molecule has 4 rings (SSSR count). The van der Waals surface area contributed by atoms with E-state index in [4.69, 9.17) is 16.2 Å². The molecule has 0 bridgehead atoms. The van der Waals surface area contributed by atoms with E-state index in [-0.39, 0.29) is 18.9 Å². The lowest BCUT2D eigenvalue weighted by Gasteiger charge is -2.44. The second-order valence-corrected chi connectivity index (χ2v) is 9.94. The number of nitrogens with one attached hydrogen (secondary N) is 1. The van der Waals surface area contributed by atoms with E-state index in [0.29, 0.717) is 17.9 Å². The van der Waals surface area contributed by atoms with Crippen LogP contribution in [0, 0.1) is 0 Å². The Labute approximate surface area is 209 Å². The van der Waals surface area contributed by atoms with E-state index < -0.39 is 23.4 Å². The average molecular weight is 493 g/mol. The van der Waals surface area contributed by atoms with E-state index in [1.165, 1.54) is 5.12 Å². The van der Waals surface area contributed by atoms with Gasteiger partial charge in [-0.15, -0.1) is 0 Å². The van der Waals surface area contributed by atoms with Crippen LogP contribution in [0.15, 0.2) is 48.5 Å². The van der Waals surface area contributed by atoms with Crippen molar-refractivity contribution in [1.82, 2.24) is 15.1 Å². The number of aromatic nitrogens is 1. The summed E-state index contributed by atoms with van der Waals surface area (Å²) in [4.78, 5) is 36.9. The fraction of sp³-hybridized carbons (Fsp3) is 0.346. The van der Waals surface area contributed by atoms with Gasteiger partial charge in [-0.1, -0.05) is 12.1 Å². The Morgan fingerprint density at radius 2 is 1.92 bits per heavy atom. The molecule has 1 unspecified atom stereocenters. The van der Waals surface area contributed by atoms with Crippen molar-refractivity contribution in [1.29, 1.82) is 0 Å². The number of anilines is 1. The summed E-state index contributed by atoms with van der Waals surface area (Å²) in [6.07, 6.45) is 0.453. The van der Waals surface area contributed by atoms with E-state index in [9.17, 15) is 14.4 Å². The zero-order valence-corrected chi connectivity index (χ0v) is 20.9. The summed E-state index contributed by atoms with van der Waals surface area (Å²) >= 11 is 0. The van der Waals surface area contributed by atoms with Crippen LogP contribution in [0.25, 0.3) is 10.9 Å². The van der Waals surface area contributed by atoms with Crippen LogP contribution in [0.5, 0.6) is 5.75 Å². The van der Waals surface area contributed by atoms with Crippen molar-refractivity contribution < 1.29 is 19.1 Å². The lowest BCUT2D eigenvalue weighted by Crippen LogP contribution is -2.62. The third-order valence-electron chi connectivity index (χ3n) is 6.12. The van der Waals surface area contributed by atoms with Crippen molar-refractivity contribution >= 4 is 34.3 Å². The molecule has 0 spiro atoms. The van der Waals surface area contributed by atoms with Crippen LogP contribution in [-0.4, -0.2) is 39.0 Å². The molecule has 10 heteroatoms. The summed E-state index contributed by atoms with van der Waals surface area (Å²) in [5, 5.41) is 3.88.